The van der Waals surface area contributed by atoms with Crippen LogP contribution in [0.5, 0.6) is 0 Å². The molecule has 1 unspecified atom stereocenters. The highest BCUT2D eigenvalue weighted by atomic mass is 32.2. The van der Waals surface area contributed by atoms with Crippen molar-refractivity contribution in [2.75, 3.05) is 11.9 Å². The Morgan fingerprint density at radius 1 is 1.00 bits per heavy atom. The van der Waals surface area contributed by atoms with Gasteiger partial charge < -0.3 is 14.8 Å². The first kappa shape index (κ1) is 19.2. The van der Waals surface area contributed by atoms with Crippen LogP contribution >= 0.6 is 0 Å². The van der Waals surface area contributed by atoms with Crippen molar-refractivity contribution in [2.24, 2.45) is 0 Å². The van der Waals surface area contributed by atoms with Crippen LogP contribution in [0.25, 0.3) is 0 Å². The number of amides is 2. The van der Waals surface area contributed by atoms with Crippen molar-refractivity contribution < 1.29 is 14.1 Å². The maximum absolute atomic E-state index is 13.1. The summed E-state index contributed by atoms with van der Waals surface area (Å²) in [4.78, 5) is 28.1. The molecule has 146 valence electrons. The number of benzene rings is 3. The van der Waals surface area contributed by atoms with Gasteiger partial charge in [-0.15, -0.1) is 0 Å². The van der Waals surface area contributed by atoms with Gasteiger partial charge in [0.1, 0.15) is 5.69 Å². The third-order valence-electron chi connectivity index (χ3n) is 5.05. The van der Waals surface area contributed by atoms with Gasteiger partial charge in [-0.05, 0) is 42.8 Å². The Balaban J connectivity index is 1.67. The molecule has 0 saturated heterocycles. The van der Waals surface area contributed by atoms with Gasteiger partial charge in [0.25, 0.3) is 11.8 Å². The summed E-state index contributed by atoms with van der Waals surface area (Å²) in [6.45, 7) is 1.91. The third kappa shape index (κ3) is 3.52. The summed E-state index contributed by atoms with van der Waals surface area (Å²) in [5.74, 6) is -0.500. The largest absolute Gasteiger partial charge is 0.606 e. The van der Waals surface area contributed by atoms with Gasteiger partial charge in [-0.1, -0.05) is 42.5 Å². The molecule has 0 aromatic heterocycles. The van der Waals surface area contributed by atoms with Gasteiger partial charge in [-0.3, -0.25) is 9.59 Å². The smallest absolute Gasteiger partial charge is 0.263 e. The number of fused-ring (bicyclic) bond motifs is 2. The standard InChI is InChI=1S/C23H20N2O3S/c1-15(16-8-4-3-5-9-16)24-22(26)17-12-13-21-19(14-17)25(2)23(27)18-10-6-7-11-20(18)29(21)28/h3-15H,1-2H3,(H,24,26)/t15?,29-/m1/s1. The molecule has 1 aliphatic heterocycles. The second kappa shape index (κ2) is 7.73. The molecule has 6 heteroatoms. The summed E-state index contributed by atoms with van der Waals surface area (Å²) in [6.07, 6.45) is 0. The molecular formula is C23H20N2O3S. The van der Waals surface area contributed by atoms with Crippen molar-refractivity contribution in [2.45, 2.75) is 22.8 Å². The molecule has 1 N–H and O–H groups in total. The monoisotopic (exact) mass is 404 g/mol. The summed E-state index contributed by atoms with van der Waals surface area (Å²) in [5, 5.41) is 2.97. The Bertz CT molecular complexity index is 1080. The fraction of sp³-hybridized carbons (Fsp3) is 0.130. The van der Waals surface area contributed by atoms with Gasteiger partial charge in [-0.25, -0.2) is 0 Å². The van der Waals surface area contributed by atoms with Crippen molar-refractivity contribution in [3.05, 3.63) is 89.5 Å². The quantitative estimate of drug-likeness (QED) is 0.672. The second-order valence-electron chi connectivity index (χ2n) is 6.92. The molecule has 1 aliphatic rings. The predicted octanol–water partition coefficient (Wildman–Crippen LogP) is 3.93. The molecule has 0 spiro atoms. The van der Waals surface area contributed by atoms with E-state index in [0.717, 1.165) is 5.56 Å². The number of hydrogen-bond acceptors (Lipinski definition) is 3. The number of carbonyl (C=O) groups excluding carboxylic acids is 2. The summed E-state index contributed by atoms with van der Waals surface area (Å²) in [6, 6.07) is 21.4. The number of anilines is 1. The van der Waals surface area contributed by atoms with E-state index in [0.29, 0.717) is 26.6 Å². The van der Waals surface area contributed by atoms with Crippen LogP contribution in [0.4, 0.5) is 5.69 Å². The highest BCUT2D eigenvalue weighted by molar-refractivity contribution is 7.91. The minimum absolute atomic E-state index is 0.166. The summed E-state index contributed by atoms with van der Waals surface area (Å²) >= 11 is -1.50. The lowest BCUT2D eigenvalue weighted by Gasteiger charge is -2.18. The van der Waals surface area contributed by atoms with Gasteiger partial charge in [0.2, 0.25) is 0 Å². The van der Waals surface area contributed by atoms with Crippen LogP contribution in [0, 0.1) is 0 Å². The lowest BCUT2D eigenvalue weighted by atomic mass is 10.1. The normalized spacial score (nSPS) is 16.4. The topological polar surface area (TPSA) is 72.5 Å². The SMILES string of the molecule is CC(NC(=O)c1ccc2c(c1)N(C)C(=O)c1ccccc1[S@@+]2[O-])c1ccccc1. The Kier molecular flexibility index (Phi) is 5.13. The van der Waals surface area contributed by atoms with Crippen molar-refractivity contribution in [3.8, 4) is 0 Å². The zero-order valence-electron chi connectivity index (χ0n) is 16.1. The molecule has 1 heterocycles. The van der Waals surface area contributed by atoms with Crippen molar-refractivity contribution in [1.82, 2.24) is 5.32 Å². The highest BCUT2D eigenvalue weighted by Gasteiger charge is 2.34. The maximum Gasteiger partial charge on any atom is 0.263 e. The molecular weight excluding hydrogens is 384 g/mol. The van der Waals surface area contributed by atoms with Crippen LogP contribution in [-0.2, 0) is 11.2 Å². The van der Waals surface area contributed by atoms with Crippen molar-refractivity contribution in [3.63, 3.8) is 0 Å². The first-order valence-electron chi connectivity index (χ1n) is 9.26. The Hall–Kier alpha value is -3.09. The van der Waals surface area contributed by atoms with E-state index in [1.165, 1.54) is 4.90 Å². The molecule has 0 aliphatic carbocycles. The van der Waals surface area contributed by atoms with Crippen LogP contribution in [0.15, 0.2) is 82.6 Å². The first-order chi connectivity index (χ1) is 14.0. The molecule has 3 aromatic rings. The zero-order valence-corrected chi connectivity index (χ0v) is 16.9. The molecule has 2 amide bonds. The highest BCUT2D eigenvalue weighted by Crippen LogP contribution is 2.36. The average Bonchev–Trinajstić information content (AvgIpc) is 2.84. The maximum atomic E-state index is 13.1. The number of hydrogen-bond donors (Lipinski definition) is 1. The van der Waals surface area contributed by atoms with E-state index in [1.54, 1.807) is 49.5 Å². The Labute approximate surface area is 172 Å². The minimum atomic E-state index is -1.50. The molecule has 0 fully saturated rings. The van der Waals surface area contributed by atoms with Crippen LogP contribution in [0.1, 0.15) is 39.2 Å². The zero-order chi connectivity index (χ0) is 20.5. The molecule has 29 heavy (non-hydrogen) atoms. The third-order valence-corrected chi connectivity index (χ3v) is 6.55. The molecule has 0 saturated carbocycles. The summed E-state index contributed by atoms with van der Waals surface area (Å²) < 4.78 is 13.1. The van der Waals surface area contributed by atoms with E-state index in [-0.39, 0.29) is 17.9 Å². The van der Waals surface area contributed by atoms with Crippen LogP contribution in [0.3, 0.4) is 0 Å². The second-order valence-corrected chi connectivity index (χ2v) is 8.33. The predicted molar refractivity (Wildman–Crippen MR) is 113 cm³/mol. The molecule has 5 nitrogen and oxygen atoms in total. The lowest BCUT2D eigenvalue weighted by Crippen LogP contribution is -2.28. The van der Waals surface area contributed by atoms with Crippen LogP contribution < -0.4 is 10.2 Å². The number of nitrogens with zero attached hydrogens (tertiary/aromatic N) is 1. The van der Waals surface area contributed by atoms with Gasteiger partial charge in [0.05, 0.1) is 11.6 Å². The molecule has 2 atom stereocenters. The van der Waals surface area contributed by atoms with Crippen molar-refractivity contribution >= 4 is 28.7 Å². The van der Waals surface area contributed by atoms with E-state index in [2.05, 4.69) is 5.32 Å². The van der Waals surface area contributed by atoms with E-state index < -0.39 is 11.2 Å². The number of rotatable bonds is 3. The van der Waals surface area contributed by atoms with E-state index in [9.17, 15) is 14.1 Å². The van der Waals surface area contributed by atoms with Crippen LogP contribution in [0.2, 0.25) is 0 Å². The van der Waals surface area contributed by atoms with Crippen molar-refractivity contribution in [1.29, 1.82) is 0 Å². The molecule has 0 radical (unpaired) electrons. The fourth-order valence-corrected chi connectivity index (χ4v) is 4.77. The first-order valence-corrected chi connectivity index (χ1v) is 10.4. The van der Waals surface area contributed by atoms with E-state index in [4.69, 9.17) is 0 Å². The Morgan fingerprint density at radius 2 is 1.69 bits per heavy atom. The van der Waals surface area contributed by atoms with Gasteiger partial charge in [0, 0.05) is 23.8 Å². The number of nitrogens with one attached hydrogen (secondary N) is 1. The molecule has 3 aromatic carbocycles. The van der Waals surface area contributed by atoms with E-state index in [1.807, 2.05) is 37.3 Å². The Morgan fingerprint density at radius 3 is 2.45 bits per heavy atom. The van der Waals surface area contributed by atoms with E-state index >= 15 is 0 Å². The summed E-state index contributed by atoms with van der Waals surface area (Å²) in [7, 11) is 1.63. The average molecular weight is 404 g/mol. The number of carbonyl (C=O) groups is 2. The minimum Gasteiger partial charge on any atom is -0.606 e. The fourth-order valence-electron chi connectivity index (χ4n) is 3.40. The van der Waals surface area contributed by atoms with Gasteiger partial charge in [0.15, 0.2) is 9.79 Å². The van der Waals surface area contributed by atoms with Gasteiger partial charge >= 0.3 is 0 Å². The van der Waals surface area contributed by atoms with Crippen LogP contribution in [-0.4, -0.2) is 23.4 Å². The lowest BCUT2D eigenvalue weighted by molar-refractivity contribution is 0.0937. The van der Waals surface area contributed by atoms with Gasteiger partial charge in [-0.2, -0.15) is 0 Å². The molecule has 0 bridgehead atoms. The summed E-state index contributed by atoms with van der Waals surface area (Å²) in [5.41, 5.74) is 2.30. The molecule has 4 rings (SSSR count).